The summed E-state index contributed by atoms with van der Waals surface area (Å²) in [6.45, 7) is 2.93. The van der Waals surface area contributed by atoms with Crippen LogP contribution >= 0.6 is 0 Å². The first kappa shape index (κ1) is 18.0. The molecule has 1 N–H and O–H groups in total. The van der Waals surface area contributed by atoms with Crippen LogP contribution < -0.4 is 5.32 Å². The lowest BCUT2D eigenvalue weighted by Crippen LogP contribution is -2.27. The van der Waals surface area contributed by atoms with Crippen molar-refractivity contribution in [1.82, 2.24) is 10.2 Å². The number of likely N-dealkylation sites (tertiary alicyclic amines) is 1. The third-order valence-electron chi connectivity index (χ3n) is 4.53. The van der Waals surface area contributed by atoms with Gasteiger partial charge < -0.3 is 10.2 Å². The van der Waals surface area contributed by atoms with Crippen LogP contribution in [0.5, 0.6) is 0 Å². The highest BCUT2D eigenvalue weighted by molar-refractivity contribution is 5.94. The van der Waals surface area contributed by atoms with Gasteiger partial charge in [-0.1, -0.05) is 18.2 Å². The van der Waals surface area contributed by atoms with E-state index in [1.807, 2.05) is 6.07 Å². The fraction of sp³-hybridized carbons (Fsp3) is 0.300. The summed E-state index contributed by atoms with van der Waals surface area (Å²) >= 11 is 0. The summed E-state index contributed by atoms with van der Waals surface area (Å²) in [5.74, 6) is -2.04. The summed E-state index contributed by atoms with van der Waals surface area (Å²) < 4.78 is 26.4. The summed E-state index contributed by atoms with van der Waals surface area (Å²) in [6, 6.07) is 10.2. The van der Waals surface area contributed by atoms with E-state index in [4.69, 9.17) is 0 Å². The summed E-state index contributed by atoms with van der Waals surface area (Å²) in [4.78, 5) is 26.0. The Labute approximate surface area is 150 Å². The Morgan fingerprint density at radius 3 is 2.69 bits per heavy atom. The van der Waals surface area contributed by atoms with E-state index in [0.717, 1.165) is 30.7 Å². The molecule has 0 bridgehead atoms. The van der Waals surface area contributed by atoms with Gasteiger partial charge in [-0.3, -0.25) is 9.59 Å². The summed E-state index contributed by atoms with van der Waals surface area (Å²) in [5.41, 5.74) is 1.83. The highest BCUT2D eigenvalue weighted by atomic mass is 19.2. The molecule has 0 spiro atoms. The van der Waals surface area contributed by atoms with Crippen LogP contribution in [0.1, 0.15) is 47.3 Å². The van der Waals surface area contributed by atoms with Crippen molar-refractivity contribution in [2.75, 3.05) is 6.54 Å². The van der Waals surface area contributed by atoms with E-state index in [1.165, 1.54) is 6.07 Å². The van der Waals surface area contributed by atoms with Gasteiger partial charge in [0.05, 0.1) is 6.04 Å². The summed E-state index contributed by atoms with van der Waals surface area (Å²) in [7, 11) is 0. The molecule has 0 radical (unpaired) electrons. The van der Waals surface area contributed by atoms with Gasteiger partial charge in [0.15, 0.2) is 11.6 Å². The molecule has 136 valence electrons. The maximum absolute atomic E-state index is 13.4. The van der Waals surface area contributed by atoms with Gasteiger partial charge in [-0.15, -0.1) is 0 Å². The molecule has 0 aliphatic carbocycles. The molecule has 1 heterocycles. The Morgan fingerprint density at radius 1 is 1.19 bits per heavy atom. The Morgan fingerprint density at radius 2 is 2.00 bits per heavy atom. The van der Waals surface area contributed by atoms with Crippen LogP contribution in [0.4, 0.5) is 8.78 Å². The Hall–Kier alpha value is -2.76. The zero-order chi connectivity index (χ0) is 18.7. The van der Waals surface area contributed by atoms with Crippen molar-refractivity contribution >= 4 is 11.8 Å². The smallest absolute Gasteiger partial charge is 0.251 e. The van der Waals surface area contributed by atoms with E-state index in [-0.39, 0.29) is 11.8 Å². The average molecular weight is 358 g/mol. The van der Waals surface area contributed by atoms with Gasteiger partial charge in [-0.2, -0.15) is 0 Å². The highest BCUT2D eigenvalue weighted by Gasteiger charge is 2.20. The molecule has 0 unspecified atom stereocenters. The number of rotatable bonds is 5. The minimum atomic E-state index is -0.944. The quantitative estimate of drug-likeness (QED) is 0.888. The van der Waals surface area contributed by atoms with Crippen LogP contribution in [-0.4, -0.2) is 23.3 Å². The van der Waals surface area contributed by atoms with Gasteiger partial charge in [0, 0.05) is 25.1 Å². The third kappa shape index (κ3) is 4.07. The molecular weight excluding hydrogens is 338 g/mol. The van der Waals surface area contributed by atoms with Crippen molar-refractivity contribution in [3.63, 3.8) is 0 Å². The molecule has 4 nitrogen and oxygen atoms in total. The molecule has 3 rings (SSSR count). The molecule has 1 aliphatic rings. The van der Waals surface area contributed by atoms with Crippen molar-refractivity contribution < 1.29 is 18.4 Å². The van der Waals surface area contributed by atoms with Gasteiger partial charge in [0.25, 0.3) is 5.91 Å². The summed E-state index contributed by atoms with van der Waals surface area (Å²) in [6.07, 6.45) is 1.44. The molecule has 2 amide bonds. The van der Waals surface area contributed by atoms with Crippen LogP contribution in [-0.2, 0) is 11.3 Å². The first-order valence-electron chi connectivity index (χ1n) is 8.56. The van der Waals surface area contributed by atoms with E-state index in [9.17, 15) is 18.4 Å². The first-order valence-corrected chi connectivity index (χ1v) is 8.56. The van der Waals surface area contributed by atoms with Crippen LogP contribution in [0, 0.1) is 11.6 Å². The normalized spacial score (nSPS) is 15.2. The topological polar surface area (TPSA) is 49.4 Å². The van der Waals surface area contributed by atoms with Gasteiger partial charge in [0.1, 0.15) is 0 Å². The van der Waals surface area contributed by atoms with Gasteiger partial charge in [0.2, 0.25) is 5.91 Å². The van der Waals surface area contributed by atoms with Crippen LogP contribution in [0.25, 0.3) is 0 Å². The highest BCUT2D eigenvalue weighted by Crippen LogP contribution is 2.18. The SMILES string of the molecule is C[C@H](NC(=O)c1cccc(CN2CCCC2=O)c1)c1ccc(F)c(F)c1. The zero-order valence-corrected chi connectivity index (χ0v) is 14.5. The minimum Gasteiger partial charge on any atom is -0.346 e. The number of carbonyl (C=O) groups excluding carboxylic acids is 2. The van der Waals surface area contributed by atoms with Crippen LogP contribution in [0.15, 0.2) is 42.5 Å². The fourth-order valence-electron chi connectivity index (χ4n) is 3.05. The lowest BCUT2D eigenvalue weighted by atomic mass is 10.1. The predicted molar refractivity (Wildman–Crippen MR) is 93.3 cm³/mol. The number of nitrogens with zero attached hydrogens (tertiary/aromatic N) is 1. The van der Waals surface area contributed by atoms with E-state index < -0.39 is 17.7 Å². The molecule has 0 saturated carbocycles. The van der Waals surface area contributed by atoms with Crippen molar-refractivity contribution in [1.29, 1.82) is 0 Å². The van der Waals surface area contributed by atoms with E-state index in [2.05, 4.69) is 5.32 Å². The maximum atomic E-state index is 13.4. The number of nitrogens with one attached hydrogen (secondary N) is 1. The lowest BCUT2D eigenvalue weighted by molar-refractivity contribution is -0.128. The van der Waals surface area contributed by atoms with Crippen molar-refractivity contribution in [3.05, 3.63) is 70.8 Å². The van der Waals surface area contributed by atoms with Gasteiger partial charge in [-0.05, 0) is 48.7 Å². The fourth-order valence-corrected chi connectivity index (χ4v) is 3.05. The van der Waals surface area contributed by atoms with Gasteiger partial charge in [-0.25, -0.2) is 8.78 Å². The molecular formula is C20H20F2N2O2. The van der Waals surface area contributed by atoms with E-state index >= 15 is 0 Å². The zero-order valence-electron chi connectivity index (χ0n) is 14.5. The molecule has 6 heteroatoms. The molecule has 1 saturated heterocycles. The predicted octanol–water partition coefficient (Wildman–Crippen LogP) is 3.58. The molecule has 1 atom stereocenters. The molecule has 1 aliphatic heterocycles. The second-order valence-corrected chi connectivity index (χ2v) is 6.49. The average Bonchev–Trinajstić information content (AvgIpc) is 3.02. The van der Waals surface area contributed by atoms with Crippen molar-refractivity contribution in [2.45, 2.75) is 32.4 Å². The number of carbonyl (C=O) groups is 2. The molecule has 2 aromatic rings. The maximum Gasteiger partial charge on any atom is 0.251 e. The van der Waals surface area contributed by atoms with Crippen molar-refractivity contribution in [3.8, 4) is 0 Å². The number of benzene rings is 2. The number of amides is 2. The molecule has 26 heavy (non-hydrogen) atoms. The van der Waals surface area contributed by atoms with Crippen LogP contribution in [0.3, 0.4) is 0 Å². The molecule has 2 aromatic carbocycles. The first-order chi connectivity index (χ1) is 12.4. The molecule has 0 aromatic heterocycles. The summed E-state index contributed by atoms with van der Waals surface area (Å²) in [5, 5.41) is 2.78. The van der Waals surface area contributed by atoms with Gasteiger partial charge >= 0.3 is 0 Å². The largest absolute Gasteiger partial charge is 0.346 e. The third-order valence-corrected chi connectivity index (χ3v) is 4.53. The number of hydrogen-bond donors (Lipinski definition) is 1. The van der Waals surface area contributed by atoms with Crippen LogP contribution in [0.2, 0.25) is 0 Å². The standard InChI is InChI=1S/C20H20F2N2O2/c1-13(15-7-8-17(21)18(22)11-15)23-20(26)16-5-2-4-14(10-16)12-24-9-3-6-19(24)25/h2,4-5,7-8,10-11,13H,3,6,9,12H2,1H3,(H,23,26)/t13-/m0/s1. The van der Waals surface area contributed by atoms with Crippen molar-refractivity contribution in [2.24, 2.45) is 0 Å². The van der Waals surface area contributed by atoms with E-state index in [1.54, 1.807) is 30.0 Å². The van der Waals surface area contributed by atoms with E-state index in [0.29, 0.717) is 24.1 Å². The Bertz CT molecular complexity index is 838. The number of halogens is 2. The Balaban J connectivity index is 1.68. The second-order valence-electron chi connectivity index (χ2n) is 6.49. The second kappa shape index (κ2) is 7.64. The number of hydrogen-bond acceptors (Lipinski definition) is 2. The lowest BCUT2D eigenvalue weighted by Gasteiger charge is -2.17. The minimum absolute atomic E-state index is 0.131. The molecule has 1 fully saturated rings. The monoisotopic (exact) mass is 358 g/mol. The Kier molecular flexibility index (Phi) is 5.30.